The molecule has 142 valence electrons. The van der Waals surface area contributed by atoms with Crippen molar-refractivity contribution in [3.8, 4) is 0 Å². The molecule has 0 radical (unpaired) electrons. The molecule has 0 bridgehead atoms. The summed E-state index contributed by atoms with van der Waals surface area (Å²) in [5.41, 5.74) is -2.12. The van der Waals surface area contributed by atoms with Gasteiger partial charge in [0.05, 0.1) is 5.92 Å². The molecular formula is C19H23F3N2O2. The smallest absolute Gasteiger partial charge is 0.362 e. The van der Waals surface area contributed by atoms with E-state index in [-0.39, 0.29) is 28.1 Å². The maximum Gasteiger partial charge on any atom is 0.439 e. The van der Waals surface area contributed by atoms with Crippen molar-refractivity contribution in [2.24, 2.45) is 11.0 Å². The highest BCUT2D eigenvalue weighted by atomic mass is 19.4. The SMILES string of the molecule is CC(C)(C)c1ccc(C(=O)N2N=C3CCCC[C@H]3[C@]2(O)C(F)(F)F)cc1. The van der Waals surface area contributed by atoms with Gasteiger partial charge in [-0.2, -0.15) is 23.3 Å². The summed E-state index contributed by atoms with van der Waals surface area (Å²) in [6, 6.07) is 6.41. The molecule has 3 rings (SSSR count). The van der Waals surface area contributed by atoms with E-state index in [9.17, 15) is 23.1 Å². The van der Waals surface area contributed by atoms with Gasteiger partial charge in [0.1, 0.15) is 0 Å². The Labute approximate surface area is 150 Å². The van der Waals surface area contributed by atoms with E-state index in [1.165, 1.54) is 12.1 Å². The molecule has 0 spiro atoms. The number of hydrogen-bond donors (Lipinski definition) is 1. The largest absolute Gasteiger partial charge is 0.439 e. The predicted molar refractivity (Wildman–Crippen MR) is 91.7 cm³/mol. The third kappa shape index (κ3) is 2.92. The number of nitrogens with zero attached hydrogens (tertiary/aromatic N) is 2. The van der Waals surface area contributed by atoms with Crippen LogP contribution >= 0.6 is 0 Å². The summed E-state index contributed by atoms with van der Waals surface area (Å²) < 4.78 is 41.2. The molecule has 1 N–H and O–H groups in total. The molecule has 1 aromatic carbocycles. The first-order valence-corrected chi connectivity index (χ1v) is 8.78. The van der Waals surface area contributed by atoms with Crippen molar-refractivity contribution in [2.45, 2.75) is 63.8 Å². The molecule has 4 nitrogen and oxygen atoms in total. The van der Waals surface area contributed by atoms with Gasteiger partial charge in [-0.15, -0.1) is 0 Å². The van der Waals surface area contributed by atoms with Crippen LogP contribution in [0.4, 0.5) is 13.2 Å². The van der Waals surface area contributed by atoms with Gasteiger partial charge in [-0.05, 0) is 42.4 Å². The minimum Gasteiger partial charge on any atom is -0.362 e. The first kappa shape index (κ1) is 18.9. The summed E-state index contributed by atoms with van der Waals surface area (Å²) in [6.07, 6.45) is -3.16. The number of carbonyl (C=O) groups excluding carboxylic acids is 1. The Balaban J connectivity index is 1.98. The number of carbonyl (C=O) groups is 1. The van der Waals surface area contributed by atoms with Crippen molar-refractivity contribution in [1.29, 1.82) is 0 Å². The summed E-state index contributed by atoms with van der Waals surface area (Å²) in [6.45, 7) is 6.01. The highest BCUT2D eigenvalue weighted by molar-refractivity contribution is 5.99. The van der Waals surface area contributed by atoms with Crippen LogP contribution in [-0.4, -0.2) is 33.6 Å². The summed E-state index contributed by atoms with van der Waals surface area (Å²) >= 11 is 0. The van der Waals surface area contributed by atoms with Gasteiger partial charge < -0.3 is 5.11 Å². The minimum absolute atomic E-state index is 0.0728. The van der Waals surface area contributed by atoms with E-state index in [4.69, 9.17) is 0 Å². The van der Waals surface area contributed by atoms with Crippen molar-refractivity contribution < 1.29 is 23.1 Å². The second-order valence-electron chi connectivity index (χ2n) is 8.06. The number of rotatable bonds is 1. The Morgan fingerprint density at radius 3 is 2.35 bits per heavy atom. The van der Waals surface area contributed by atoms with E-state index in [2.05, 4.69) is 5.10 Å². The van der Waals surface area contributed by atoms with Crippen LogP contribution in [0.3, 0.4) is 0 Å². The van der Waals surface area contributed by atoms with Crippen LogP contribution in [-0.2, 0) is 5.41 Å². The van der Waals surface area contributed by atoms with Gasteiger partial charge in [-0.1, -0.05) is 39.3 Å². The van der Waals surface area contributed by atoms with Gasteiger partial charge in [0.15, 0.2) is 0 Å². The number of hydrazone groups is 1. The van der Waals surface area contributed by atoms with E-state index in [0.29, 0.717) is 19.3 Å². The number of amides is 1. The normalized spacial score (nSPS) is 26.5. The quantitative estimate of drug-likeness (QED) is 0.806. The number of hydrogen-bond acceptors (Lipinski definition) is 3. The predicted octanol–water partition coefficient (Wildman–Crippen LogP) is 4.24. The molecule has 1 fully saturated rings. The molecule has 7 heteroatoms. The van der Waals surface area contributed by atoms with Crippen molar-refractivity contribution in [3.05, 3.63) is 35.4 Å². The van der Waals surface area contributed by atoms with Gasteiger partial charge in [-0.25, -0.2) is 0 Å². The number of alkyl halides is 3. The fourth-order valence-electron chi connectivity index (χ4n) is 3.65. The van der Waals surface area contributed by atoms with Crippen molar-refractivity contribution >= 4 is 11.6 Å². The first-order chi connectivity index (χ1) is 12.0. The third-order valence-corrected chi connectivity index (χ3v) is 5.22. The van der Waals surface area contributed by atoms with Crippen molar-refractivity contribution in [1.82, 2.24) is 5.01 Å². The van der Waals surface area contributed by atoms with Crippen LogP contribution < -0.4 is 0 Å². The van der Waals surface area contributed by atoms with Crippen LogP contribution in [0.25, 0.3) is 0 Å². The van der Waals surface area contributed by atoms with Gasteiger partial charge in [0.25, 0.3) is 11.6 Å². The fraction of sp³-hybridized carbons (Fsp3) is 0.579. The Morgan fingerprint density at radius 1 is 1.19 bits per heavy atom. The second-order valence-corrected chi connectivity index (χ2v) is 8.06. The molecule has 1 heterocycles. The Hall–Kier alpha value is -1.89. The van der Waals surface area contributed by atoms with Crippen LogP contribution in [0.5, 0.6) is 0 Å². The molecule has 2 atom stereocenters. The summed E-state index contributed by atoms with van der Waals surface area (Å²) in [4.78, 5) is 12.8. The van der Waals surface area contributed by atoms with E-state index in [0.717, 1.165) is 5.56 Å². The zero-order valence-electron chi connectivity index (χ0n) is 15.1. The number of fused-ring (bicyclic) bond motifs is 1. The standard InChI is InChI=1S/C19H23F3N2O2/c1-17(2,3)13-10-8-12(9-11-13)16(25)24-18(26,19(20,21)22)14-6-4-5-7-15(14)23-24/h8-11,14,26H,4-7H2,1-3H3/t14-,18+/m1/s1. The molecule has 0 aromatic heterocycles. The van der Waals surface area contributed by atoms with Crippen LogP contribution in [0.1, 0.15) is 62.4 Å². The van der Waals surface area contributed by atoms with E-state index in [1.54, 1.807) is 12.1 Å². The zero-order valence-corrected chi connectivity index (χ0v) is 15.1. The molecule has 1 aliphatic heterocycles. The third-order valence-electron chi connectivity index (χ3n) is 5.22. The van der Waals surface area contributed by atoms with Crippen LogP contribution in [0, 0.1) is 5.92 Å². The fourth-order valence-corrected chi connectivity index (χ4v) is 3.65. The number of aliphatic hydroxyl groups is 1. The summed E-state index contributed by atoms with van der Waals surface area (Å²) in [5, 5.41) is 14.7. The maximum atomic E-state index is 13.7. The maximum absolute atomic E-state index is 13.7. The lowest BCUT2D eigenvalue weighted by atomic mass is 9.80. The Bertz CT molecular complexity index is 735. The van der Waals surface area contributed by atoms with E-state index < -0.39 is 23.7 Å². The topological polar surface area (TPSA) is 52.9 Å². The van der Waals surface area contributed by atoms with Gasteiger partial charge >= 0.3 is 6.18 Å². The second kappa shape index (κ2) is 6.08. The molecule has 1 amide bonds. The van der Waals surface area contributed by atoms with Crippen molar-refractivity contribution in [2.75, 3.05) is 0 Å². The molecule has 1 saturated carbocycles. The average Bonchev–Trinajstić information content (AvgIpc) is 2.88. The zero-order chi connectivity index (χ0) is 19.3. The lowest BCUT2D eigenvalue weighted by Gasteiger charge is -2.38. The Kier molecular flexibility index (Phi) is 4.42. The minimum atomic E-state index is -4.98. The molecular weight excluding hydrogens is 345 g/mol. The highest BCUT2D eigenvalue weighted by Crippen LogP contribution is 2.48. The van der Waals surface area contributed by atoms with Crippen LogP contribution in [0.2, 0.25) is 0 Å². The Morgan fingerprint density at radius 2 is 1.81 bits per heavy atom. The molecule has 0 saturated heterocycles. The van der Waals surface area contributed by atoms with Gasteiger partial charge in [0.2, 0.25) is 0 Å². The molecule has 1 aromatic rings. The van der Waals surface area contributed by atoms with Gasteiger partial charge in [-0.3, -0.25) is 4.79 Å². The number of halogens is 3. The molecule has 2 aliphatic rings. The van der Waals surface area contributed by atoms with E-state index >= 15 is 0 Å². The summed E-state index contributed by atoms with van der Waals surface area (Å²) in [7, 11) is 0. The highest BCUT2D eigenvalue weighted by Gasteiger charge is 2.68. The van der Waals surface area contributed by atoms with Crippen molar-refractivity contribution in [3.63, 3.8) is 0 Å². The molecule has 1 aliphatic carbocycles. The lowest BCUT2D eigenvalue weighted by Crippen LogP contribution is -2.61. The lowest BCUT2D eigenvalue weighted by molar-refractivity contribution is -0.312. The molecule has 26 heavy (non-hydrogen) atoms. The summed E-state index contributed by atoms with van der Waals surface area (Å²) in [5.74, 6) is -2.12. The first-order valence-electron chi connectivity index (χ1n) is 8.78. The number of benzene rings is 1. The average molecular weight is 368 g/mol. The van der Waals surface area contributed by atoms with Gasteiger partial charge in [0, 0.05) is 11.3 Å². The molecule has 0 unspecified atom stereocenters. The van der Waals surface area contributed by atoms with Crippen LogP contribution in [0.15, 0.2) is 29.4 Å². The monoisotopic (exact) mass is 368 g/mol. The van der Waals surface area contributed by atoms with E-state index in [1.807, 2.05) is 20.8 Å².